The molecule has 1 atom stereocenters. The molecule has 0 heterocycles. The summed E-state index contributed by atoms with van der Waals surface area (Å²) in [5.41, 5.74) is 3.33. The second-order valence-corrected chi connectivity index (χ2v) is 10.7. The lowest BCUT2D eigenvalue weighted by Gasteiger charge is -2.33. The van der Waals surface area contributed by atoms with E-state index in [-0.39, 0.29) is 24.5 Å². The molecule has 0 saturated heterocycles. The van der Waals surface area contributed by atoms with Gasteiger partial charge in [0, 0.05) is 12.6 Å². The summed E-state index contributed by atoms with van der Waals surface area (Å²) in [6.45, 7) is 8.52. The highest BCUT2D eigenvalue weighted by Gasteiger charge is 2.31. The molecule has 1 aliphatic carbocycles. The summed E-state index contributed by atoms with van der Waals surface area (Å²) in [6, 6.07) is 13.6. The van der Waals surface area contributed by atoms with Crippen LogP contribution in [0.25, 0.3) is 0 Å². The molecule has 1 saturated carbocycles. The van der Waals surface area contributed by atoms with Crippen molar-refractivity contribution in [3.05, 3.63) is 63.6 Å². The van der Waals surface area contributed by atoms with Gasteiger partial charge in [-0.1, -0.05) is 70.4 Å². The van der Waals surface area contributed by atoms with Crippen molar-refractivity contribution in [3.8, 4) is 5.75 Å². The molecule has 2 aromatic rings. The Morgan fingerprint density at radius 1 is 1.11 bits per heavy atom. The summed E-state index contributed by atoms with van der Waals surface area (Å²) in [6.07, 6.45) is 6.09. The van der Waals surface area contributed by atoms with Crippen LogP contribution in [0, 0.1) is 6.92 Å². The van der Waals surface area contributed by atoms with Gasteiger partial charge in [-0.2, -0.15) is 0 Å². The predicted molar refractivity (Wildman–Crippen MR) is 145 cm³/mol. The zero-order valence-corrected chi connectivity index (χ0v) is 23.1. The number of aryl methyl sites for hydroxylation is 1. The Morgan fingerprint density at radius 3 is 2.46 bits per heavy atom. The number of hydrogen-bond donors (Lipinski definition) is 1. The van der Waals surface area contributed by atoms with Crippen LogP contribution in [0.15, 0.2) is 46.9 Å². The average Bonchev–Trinajstić information content (AvgIpc) is 2.84. The van der Waals surface area contributed by atoms with E-state index in [9.17, 15) is 9.59 Å². The van der Waals surface area contributed by atoms with Gasteiger partial charge in [-0.15, -0.1) is 0 Å². The molecule has 0 spiro atoms. The number of amides is 2. The maximum Gasteiger partial charge on any atom is 0.261 e. The van der Waals surface area contributed by atoms with Gasteiger partial charge in [0.2, 0.25) is 5.91 Å². The molecular formula is C29H39BrN2O3. The number of halogens is 1. The van der Waals surface area contributed by atoms with Gasteiger partial charge >= 0.3 is 0 Å². The van der Waals surface area contributed by atoms with E-state index < -0.39 is 6.04 Å². The molecule has 5 nitrogen and oxygen atoms in total. The molecule has 1 fully saturated rings. The van der Waals surface area contributed by atoms with Crippen LogP contribution in [0.5, 0.6) is 5.75 Å². The van der Waals surface area contributed by atoms with Gasteiger partial charge < -0.3 is 15.0 Å². The second kappa shape index (κ2) is 13.1. The number of ether oxygens (including phenoxy) is 1. The number of nitrogens with one attached hydrogen (secondary N) is 1. The molecule has 1 N–H and O–H groups in total. The van der Waals surface area contributed by atoms with E-state index >= 15 is 0 Å². The molecule has 190 valence electrons. The van der Waals surface area contributed by atoms with Crippen molar-refractivity contribution in [3.63, 3.8) is 0 Å². The van der Waals surface area contributed by atoms with Crippen LogP contribution in [-0.2, 0) is 16.1 Å². The molecule has 0 radical (unpaired) electrons. The highest BCUT2D eigenvalue weighted by atomic mass is 79.9. The zero-order chi connectivity index (χ0) is 25.4. The number of carbonyl (C=O) groups excluding carboxylic acids is 2. The Balaban J connectivity index is 1.77. The SMILES string of the molecule is CCC(C(=O)NC1CCCCC1)N(Cc1ccccc1C)C(=O)COc1ccc(C(C)C)cc1Br. The third-order valence-electron chi connectivity index (χ3n) is 6.91. The largest absolute Gasteiger partial charge is 0.483 e. The minimum atomic E-state index is -0.542. The molecule has 3 rings (SSSR count). The van der Waals surface area contributed by atoms with Crippen LogP contribution in [-0.4, -0.2) is 35.4 Å². The fraction of sp³-hybridized carbons (Fsp3) is 0.517. The lowest BCUT2D eigenvalue weighted by Crippen LogP contribution is -2.52. The number of benzene rings is 2. The fourth-order valence-corrected chi connectivity index (χ4v) is 5.16. The van der Waals surface area contributed by atoms with Crippen LogP contribution in [0.1, 0.15) is 81.9 Å². The Hall–Kier alpha value is -2.34. The summed E-state index contributed by atoms with van der Waals surface area (Å²) >= 11 is 3.57. The second-order valence-electron chi connectivity index (χ2n) is 9.85. The first kappa shape index (κ1) is 27.3. The average molecular weight is 544 g/mol. The lowest BCUT2D eigenvalue weighted by molar-refractivity contribution is -0.143. The molecular weight excluding hydrogens is 504 g/mol. The van der Waals surface area contributed by atoms with Gasteiger partial charge in [0.1, 0.15) is 11.8 Å². The maximum absolute atomic E-state index is 13.5. The minimum Gasteiger partial charge on any atom is -0.483 e. The third-order valence-corrected chi connectivity index (χ3v) is 7.53. The summed E-state index contributed by atoms with van der Waals surface area (Å²) in [7, 11) is 0. The van der Waals surface area contributed by atoms with Gasteiger partial charge in [-0.25, -0.2) is 0 Å². The first-order valence-electron chi connectivity index (χ1n) is 12.9. The lowest BCUT2D eigenvalue weighted by atomic mass is 9.95. The van der Waals surface area contributed by atoms with Gasteiger partial charge in [0.05, 0.1) is 4.47 Å². The molecule has 35 heavy (non-hydrogen) atoms. The summed E-state index contributed by atoms with van der Waals surface area (Å²) in [4.78, 5) is 28.6. The van der Waals surface area contributed by atoms with Crippen molar-refractivity contribution in [1.82, 2.24) is 10.2 Å². The normalized spacial score (nSPS) is 15.0. The molecule has 6 heteroatoms. The first-order valence-corrected chi connectivity index (χ1v) is 13.7. The van der Waals surface area contributed by atoms with E-state index in [1.807, 2.05) is 56.3 Å². The highest BCUT2D eigenvalue weighted by molar-refractivity contribution is 9.10. The van der Waals surface area contributed by atoms with Crippen molar-refractivity contribution < 1.29 is 14.3 Å². The molecule has 2 amide bonds. The minimum absolute atomic E-state index is 0.0659. The van der Waals surface area contributed by atoms with Crippen LogP contribution < -0.4 is 10.1 Å². The quantitative estimate of drug-likeness (QED) is 0.372. The van der Waals surface area contributed by atoms with Crippen LogP contribution >= 0.6 is 15.9 Å². The van der Waals surface area contributed by atoms with E-state index in [0.29, 0.717) is 24.6 Å². The summed E-state index contributed by atoms with van der Waals surface area (Å²) < 4.78 is 6.76. The van der Waals surface area contributed by atoms with E-state index in [4.69, 9.17) is 4.74 Å². The van der Waals surface area contributed by atoms with Crippen molar-refractivity contribution in [1.29, 1.82) is 0 Å². The predicted octanol–water partition coefficient (Wildman–Crippen LogP) is 6.52. The Bertz CT molecular complexity index is 1000. The van der Waals surface area contributed by atoms with Crippen molar-refractivity contribution in [2.75, 3.05) is 6.61 Å². The summed E-state index contributed by atoms with van der Waals surface area (Å²) in [5.74, 6) is 0.764. The van der Waals surface area contributed by atoms with Crippen LogP contribution in [0.3, 0.4) is 0 Å². The van der Waals surface area contributed by atoms with E-state index in [1.165, 1.54) is 12.0 Å². The van der Waals surface area contributed by atoms with Crippen LogP contribution in [0.2, 0.25) is 0 Å². The third kappa shape index (κ3) is 7.57. The molecule has 1 aliphatic rings. The highest BCUT2D eigenvalue weighted by Crippen LogP contribution is 2.29. The number of nitrogens with zero attached hydrogens (tertiary/aromatic N) is 1. The molecule has 1 unspecified atom stereocenters. The fourth-order valence-electron chi connectivity index (χ4n) is 4.65. The number of carbonyl (C=O) groups is 2. The molecule has 2 aromatic carbocycles. The molecule has 0 aliphatic heterocycles. The number of hydrogen-bond acceptors (Lipinski definition) is 3. The topological polar surface area (TPSA) is 58.6 Å². The van der Waals surface area contributed by atoms with Crippen molar-refractivity contribution in [2.24, 2.45) is 0 Å². The maximum atomic E-state index is 13.5. The Kier molecular flexibility index (Phi) is 10.2. The van der Waals surface area contributed by atoms with Gasteiger partial charge in [0.25, 0.3) is 5.91 Å². The van der Waals surface area contributed by atoms with Crippen LogP contribution in [0.4, 0.5) is 0 Å². The van der Waals surface area contributed by atoms with Gasteiger partial charge in [-0.3, -0.25) is 9.59 Å². The summed E-state index contributed by atoms with van der Waals surface area (Å²) in [5, 5.41) is 3.22. The van der Waals surface area contributed by atoms with Gasteiger partial charge in [-0.05, 0) is 76.9 Å². The van der Waals surface area contributed by atoms with Gasteiger partial charge in [0.15, 0.2) is 6.61 Å². The Morgan fingerprint density at radius 2 is 1.83 bits per heavy atom. The zero-order valence-electron chi connectivity index (χ0n) is 21.5. The first-order chi connectivity index (χ1) is 16.8. The number of rotatable bonds is 10. The molecule has 0 bridgehead atoms. The monoisotopic (exact) mass is 542 g/mol. The van der Waals surface area contributed by atoms with Crippen molar-refractivity contribution in [2.45, 2.75) is 90.8 Å². The Labute approximate surface area is 218 Å². The molecule has 0 aromatic heterocycles. The van der Waals surface area contributed by atoms with Crippen molar-refractivity contribution >= 4 is 27.7 Å². The smallest absolute Gasteiger partial charge is 0.261 e. The van der Waals surface area contributed by atoms with E-state index in [0.717, 1.165) is 41.3 Å². The van der Waals surface area contributed by atoms with E-state index in [2.05, 4.69) is 35.1 Å². The van der Waals surface area contributed by atoms with E-state index in [1.54, 1.807) is 4.90 Å². The standard InChI is InChI=1S/C29H39BrN2O3/c1-5-26(29(34)31-24-13-7-6-8-14-24)32(18-23-12-10-9-11-21(23)4)28(33)19-35-27-16-15-22(20(2)3)17-25(27)30/h9-12,15-17,20,24,26H,5-8,13-14,18-19H2,1-4H3,(H,31,34).